The topological polar surface area (TPSA) is 75.6 Å². The Labute approximate surface area is 111 Å². The molecule has 0 bridgehead atoms. The predicted molar refractivity (Wildman–Crippen MR) is 63.6 cm³/mol. The molecular formula is C12H10F3NO4. The van der Waals surface area contributed by atoms with Crippen LogP contribution in [0.25, 0.3) is 0 Å². The number of alkyl halides is 3. The van der Waals surface area contributed by atoms with Gasteiger partial charge in [-0.15, -0.1) is 0 Å². The summed E-state index contributed by atoms with van der Waals surface area (Å²) in [5, 5.41) is 10.8. The first-order valence-electron chi connectivity index (χ1n) is 5.25. The lowest BCUT2D eigenvalue weighted by Crippen LogP contribution is -2.17. The number of halogens is 3. The molecule has 0 aromatic heterocycles. The molecule has 0 unspecified atom stereocenters. The third-order valence-corrected chi connectivity index (χ3v) is 2.15. The Morgan fingerprint density at radius 3 is 2.55 bits per heavy atom. The van der Waals surface area contributed by atoms with Crippen molar-refractivity contribution < 1.29 is 32.6 Å². The Morgan fingerprint density at radius 1 is 1.40 bits per heavy atom. The highest BCUT2D eigenvalue weighted by Crippen LogP contribution is 2.32. The maximum atomic E-state index is 12.5. The standard InChI is InChI=1S/C12H10F3NO4/c1-2-5-20-11(19)16-9-6-7(12(13,14)15)3-4-8(9)10(17)18/h2-4,6H,1,5H2,(H,16,19)(H,17,18). The molecule has 2 N–H and O–H groups in total. The summed E-state index contributed by atoms with van der Waals surface area (Å²) in [7, 11) is 0. The van der Waals surface area contributed by atoms with Crippen LogP contribution in [0.4, 0.5) is 23.7 Å². The summed E-state index contributed by atoms with van der Waals surface area (Å²) in [4.78, 5) is 22.1. The second-order valence-corrected chi connectivity index (χ2v) is 3.58. The van der Waals surface area contributed by atoms with Gasteiger partial charge < -0.3 is 9.84 Å². The van der Waals surface area contributed by atoms with Gasteiger partial charge in [0.1, 0.15) is 6.61 Å². The van der Waals surface area contributed by atoms with Crippen molar-refractivity contribution in [2.45, 2.75) is 6.18 Å². The zero-order valence-corrected chi connectivity index (χ0v) is 10.0. The van der Waals surface area contributed by atoms with Crippen LogP contribution in [0, 0.1) is 0 Å². The lowest BCUT2D eigenvalue weighted by molar-refractivity contribution is -0.137. The van der Waals surface area contributed by atoms with Crippen molar-refractivity contribution in [3.8, 4) is 0 Å². The molecule has 108 valence electrons. The van der Waals surface area contributed by atoms with Crippen LogP contribution in [0.5, 0.6) is 0 Å². The number of carbonyl (C=O) groups is 2. The molecule has 5 nitrogen and oxygen atoms in total. The van der Waals surface area contributed by atoms with E-state index in [9.17, 15) is 22.8 Å². The Balaban J connectivity index is 3.09. The molecule has 0 aliphatic rings. The zero-order chi connectivity index (χ0) is 15.3. The van der Waals surface area contributed by atoms with Gasteiger partial charge in [0.25, 0.3) is 0 Å². The number of carbonyl (C=O) groups excluding carboxylic acids is 1. The van der Waals surface area contributed by atoms with Crippen LogP contribution in [0.15, 0.2) is 30.9 Å². The van der Waals surface area contributed by atoms with Crippen LogP contribution in [-0.2, 0) is 10.9 Å². The maximum Gasteiger partial charge on any atom is 0.416 e. The molecule has 8 heteroatoms. The molecular weight excluding hydrogens is 279 g/mol. The lowest BCUT2D eigenvalue weighted by atomic mass is 10.1. The van der Waals surface area contributed by atoms with Gasteiger partial charge in [-0.25, -0.2) is 9.59 Å². The van der Waals surface area contributed by atoms with Crippen molar-refractivity contribution in [3.05, 3.63) is 42.0 Å². The Bertz CT molecular complexity index is 540. The summed E-state index contributed by atoms with van der Waals surface area (Å²) in [6.45, 7) is 3.12. The normalized spacial score (nSPS) is 10.8. The Hall–Kier alpha value is -2.51. The summed E-state index contributed by atoms with van der Waals surface area (Å²) in [5.74, 6) is -1.47. The molecule has 0 aliphatic carbocycles. The van der Waals surface area contributed by atoms with E-state index in [0.29, 0.717) is 12.1 Å². The number of nitrogens with one attached hydrogen (secondary N) is 1. The number of ether oxygens (including phenoxy) is 1. The summed E-state index contributed by atoms with van der Waals surface area (Å²) >= 11 is 0. The number of anilines is 1. The summed E-state index contributed by atoms with van der Waals surface area (Å²) in [5.41, 5.74) is -2.06. The predicted octanol–water partition coefficient (Wildman–Crippen LogP) is 3.14. The van der Waals surface area contributed by atoms with E-state index in [-0.39, 0.29) is 6.61 Å². The molecule has 1 aromatic rings. The minimum atomic E-state index is -4.65. The molecule has 1 rings (SSSR count). The first-order chi connectivity index (χ1) is 9.25. The number of rotatable bonds is 4. The molecule has 20 heavy (non-hydrogen) atoms. The number of carboxylic acid groups (broad SMARTS) is 1. The van der Waals surface area contributed by atoms with Gasteiger partial charge in [0.15, 0.2) is 0 Å². The lowest BCUT2D eigenvalue weighted by Gasteiger charge is -2.12. The minimum absolute atomic E-state index is 0.160. The van der Waals surface area contributed by atoms with Gasteiger partial charge >= 0.3 is 18.2 Å². The molecule has 0 saturated carbocycles. The number of aromatic carboxylic acids is 1. The fourth-order valence-corrected chi connectivity index (χ4v) is 1.29. The number of benzene rings is 1. The van der Waals surface area contributed by atoms with Crippen LogP contribution in [-0.4, -0.2) is 23.8 Å². The van der Waals surface area contributed by atoms with E-state index in [0.717, 1.165) is 6.07 Å². The largest absolute Gasteiger partial charge is 0.478 e. The van der Waals surface area contributed by atoms with E-state index in [4.69, 9.17) is 5.11 Å². The average molecular weight is 289 g/mol. The fraction of sp³-hybridized carbons (Fsp3) is 0.167. The van der Waals surface area contributed by atoms with Gasteiger partial charge in [-0.2, -0.15) is 13.2 Å². The average Bonchev–Trinajstić information content (AvgIpc) is 2.34. The van der Waals surface area contributed by atoms with Crippen molar-refractivity contribution >= 4 is 17.7 Å². The smallest absolute Gasteiger partial charge is 0.416 e. The van der Waals surface area contributed by atoms with Gasteiger partial charge in [-0.3, -0.25) is 5.32 Å². The monoisotopic (exact) mass is 289 g/mol. The summed E-state index contributed by atoms with van der Waals surface area (Å²) in [6, 6.07) is 1.90. The van der Waals surface area contributed by atoms with E-state index in [1.807, 2.05) is 5.32 Å². The van der Waals surface area contributed by atoms with E-state index in [1.165, 1.54) is 6.08 Å². The van der Waals surface area contributed by atoms with Crippen LogP contribution < -0.4 is 5.32 Å². The molecule has 1 amide bonds. The van der Waals surface area contributed by atoms with Crippen LogP contribution in [0.3, 0.4) is 0 Å². The van der Waals surface area contributed by atoms with Crippen molar-refractivity contribution in [1.29, 1.82) is 0 Å². The Morgan fingerprint density at radius 2 is 2.05 bits per heavy atom. The third-order valence-electron chi connectivity index (χ3n) is 2.15. The third kappa shape index (κ3) is 4.01. The van der Waals surface area contributed by atoms with Crippen LogP contribution in [0.1, 0.15) is 15.9 Å². The molecule has 0 spiro atoms. The highest BCUT2D eigenvalue weighted by atomic mass is 19.4. The molecule has 0 fully saturated rings. The van der Waals surface area contributed by atoms with Crippen molar-refractivity contribution in [2.75, 3.05) is 11.9 Å². The van der Waals surface area contributed by atoms with Gasteiger partial charge in [0, 0.05) is 0 Å². The molecule has 0 heterocycles. The van der Waals surface area contributed by atoms with Crippen molar-refractivity contribution in [3.63, 3.8) is 0 Å². The fourth-order valence-electron chi connectivity index (χ4n) is 1.29. The minimum Gasteiger partial charge on any atom is -0.478 e. The highest BCUT2D eigenvalue weighted by Gasteiger charge is 2.31. The molecule has 1 aromatic carbocycles. The number of hydrogen-bond donors (Lipinski definition) is 2. The quantitative estimate of drug-likeness (QED) is 0.835. The van der Waals surface area contributed by atoms with E-state index in [2.05, 4.69) is 11.3 Å². The van der Waals surface area contributed by atoms with Crippen molar-refractivity contribution in [2.24, 2.45) is 0 Å². The molecule has 0 aliphatic heterocycles. The van der Waals surface area contributed by atoms with Gasteiger partial charge in [0.05, 0.1) is 16.8 Å². The van der Waals surface area contributed by atoms with Crippen LogP contribution >= 0.6 is 0 Å². The van der Waals surface area contributed by atoms with Gasteiger partial charge in [0.2, 0.25) is 0 Å². The maximum absolute atomic E-state index is 12.5. The second kappa shape index (κ2) is 6.09. The molecule has 0 radical (unpaired) electrons. The van der Waals surface area contributed by atoms with E-state index in [1.54, 1.807) is 0 Å². The molecule has 0 saturated heterocycles. The first-order valence-corrected chi connectivity index (χ1v) is 5.25. The van der Waals surface area contributed by atoms with E-state index < -0.39 is 35.1 Å². The van der Waals surface area contributed by atoms with Gasteiger partial charge in [-0.1, -0.05) is 12.7 Å². The van der Waals surface area contributed by atoms with Gasteiger partial charge in [-0.05, 0) is 18.2 Å². The summed E-state index contributed by atoms with van der Waals surface area (Å²) in [6.07, 6.45) is -4.48. The number of carboxylic acids is 1. The summed E-state index contributed by atoms with van der Waals surface area (Å²) < 4.78 is 42.1. The highest BCUT2D eigenvalue weighted by molar-refractivity contribution is 5.98. The number of amides is 1. The van der Waals surface area contributed by atoms with Crippen LogP contribution in [0.2, 0.25) is 0 Å². The van der Waals surface area contributed by atoms with Crippen molar-refractivity contribution in [1.82, 2.24) is 0 Å². The second-order valence-electron chi connectivity index (χ2n) is 3.58. The Kier molecular flexibility index (Phi) is 4.73. The van der Waals surface area contributed by atoms with E-state index >= 15 is 0 Å². The number of hydrogen-bond acceptors (Lipinski definition) is 3. The molecule has 0 atom stereocenters. The first kappa shape index (κ1) is 15.5. The zero-order valence-electron chi connectivity index (χ0n) is 10.0. The SMILES string of the molecule is C=CCOC(=O)Nc1cc(C(F)(F)F)ccc1C(=O)O.